The van der Waals surface area contributed by atoms with E-state index in [0.29, 0.717) is 13.2 Å². The maximum absolute atomic E-state index is 10.7. The first-order valence-electron chi connectivity index (χ1n) is 7.73. The number of carboxylic acids is 1. The van der Waals surface area contributed by atoms with Gasteiger partial charge < -0.3 is 9.84 Å². The van der Waals surface area contributed by atoms with Crippen molar-refractivity contribution in [1.82, 2.24) is 9.78 Å². The first kappa shape index (κ1) is 15.8. The molecule has 1 N–H and O–H groups in total. The number of aliphatic carboxylic acids is 1. The molecule has 0 aliphatic carbocycles. The van der Waals surface area contributed by atoms with Crippen LogP contribution in [0.15, 0.2) is 67.0 Å². The molecular weight excluding hydrogens is 304 g/mol. The molecule has 1 heterocycles. The van der Waals surface area contributed by atoms with Crippen LogP contribution in [0.25, 0.3) is 11.1 Å². The van der Waals surface area contributed by atoms with Gasteiger partial charge in [-0.2, -0.15) is 5.10 Å². The first-order valence-corrected chi connectivity index (χ1v) is 7.73. The predicted octanol–water partition coefficient (Wildman–Crippen LogP) is 3.60. The van der Waals surface area contributed by atoms with Crippen molar-refractivity contribution in [1.29, 1.82) is 0 Å². The van der Waals surface area contributed by atoms with Gasteiger partial charge in [-0.1, -0.05) is 48.5 Å². The summed E-state index contributed by atoms with van der Waals surface area (Å²) >= 11 is 0. The number of rotatable bonds is 7. The van der Waals surface area contributed by atoms with E-state index < -0.39 is 5.97 Å². The van der Waals surface area contributed by atoms with Crippen molar-refractivity contribution in [2.75, 3.05) is 0 Å². The van der Waals surface area contributed by atoms with Crippen LogP contribution >= 0.6 is 0 Å². The van der Waals surface area contributed by atoms with Gasteiger partial charge in [0.1, 0.15) is 12.4 Å². The van der Waals surface area contributed by atoms with Gasteiger partial charge in [-0.25, -0.2) is 0 Å². The fourth-order valence-corrected chi connectivity index (χ4v) is 2.40. The van der Waals surface area contributed by atoms with E-state index in [-0.39, 0.29) is 6.42 Å². The molecule has 1 aromatic heterocycles. The maximum Gasteiger partial charge on any atom is 0.305 e. The number of aromatic nitrogens is 2. The number of carboxylic acid groups (broad SMARTS) is 1. The SMILES string of the molecule is O=C(O)CCn1cc(-c2ccccc2OCc2ccccc2)cn1. The molecule has 0 atom stereocenters. The molecular formula is C19H18N2O3. The van der Waals surface area contributed by atoms with Crippen LogP contribution in [0.3, 0.4) is 0 Å². The van der Waals surface area contributed by atoms with Gasteiger partial charge in [-0.05, 0) is 11.6 Å². The Hall–Kier alpha value is -3.08. The lowest BCUT2D eigenvalue weighted by molar-refractivity contribution is -0.137. The summed E-state index contributed by atoms with van der Waals surface area (Å²) in [7, 11) is 0. The third kappa shape index (κ3) is 4.01. The van der Waals surface area contributed by atoms with Crippen LogP contribution in [-0.4, -0.2) is 20.9 Å². The van der Waals surface area contributed by atoms with Crippen molar-refractivity contribution in [3.63, 3.8) is 0 Å². The summed E-state index contributed by atoms with van der Waals surface area (Å²) in [5.41, 5.74) is 2.95. The predicted molar refractivity (Wildman–Crippen MR) is 90.7 cm³/mol. The molecule has 0 bridgehead atoms. The van der Waals surface area contributed by atoms with Crippen LogP contribution in [0.2, 0.25) is 0 Å². The Labute approximate surface area is 140 Å². The molecule has 24 heavy (non-hydrogen) atoms. The van der Waals surface area contributed by atoms with Gasteiger partial charge in [-0.15, -0.1) is 0 Å². The summed E-state index contributed by atoms with van der Waals surface area (Å²) in [6, 6.07) is 17.7. The molecule has 0 aliphatic rings. The number of ether oxygens (including phenoxy) is 1. The van der Waals surface area contributed by atoms with Crippen LogP contribution in [-0.2, 0) is 17.9 Å². The van der Waals surface area contributed by atoms with E-state index in [2.05, 4.69) is 5.10 Å². The van der Waals surface area contributed by atoms with Gasteiger partial charge in [0.15, 0.2) is 0 Å². The van der Waals surface area contributed by atoms with E-state index in [1.165, 1.54) is 0 Å². The highest BCUT2D eigenvalue weighted by molar-refractivity contribution is 5.69. The van der Waals surface area contributed by atoms with Crippen molar-refractivity contribution in [3.05, 3.63) is 72.6 Å². The molecule has 122 valence electrons. The van der Waals surface area contributed by atoms with E-state index in [4.69, 9.17) is 9.84 Å². The zero-order chi connectivity index (χ0) is 16.8. The van der Waals surface area contributed by atoms with E-state index in [1.807, 2.05) is 60.8 Å². The molecule has 0 radical (unpaired) electrons. The summed E-state index contributed by atoms with van der Waals surface area (Å²) in [4.78, 5) is 10.7. The largest absolute Gasteiger partial charge is 0.488 e. The van der Waals surface area contributed by atoms with Crippen LogP contribution in [0, 0.1) is 0 Å². The molecule has 0 spiro atoms. The minimum absolute atomic E-state index is 0.0489. The average Bonchev–Trinajstić information content (AvgIpc) is 3.08. The van der Waals surface area contributed by atoms with E-state index >= 15 is 0 Å². The zero-order valence-corrected chi connectivity index (χ0v) is 13.1. The lowest BCUT2D eigenvalue weighted by atomic mass is 10.1. The number of benzene rings is 2. The molecule has 3 aromatic rings. The Balaban J connectivity index is 1.75. The summed E-state index contributed by atoms with van der Waals surface area (Å²) < 4.78 is 7.59. The van der Waals surface area contributed by atoms with Crippen LogP contribution in [0.5, 0.6) is 5.75 Å². The van der Waals surface area contributed by atoms with Crippen LogP contribution in [0.4, 0.5) is 0 Å². The normalized spacial score (nSPS) is 10.5. The number of para-hydroxylation sites is 1. The molecule has 0 unspecified atom stereocenters. The Bertz CT molecular complexity index is 812. The fraction of sp³-hybridized carbons (Fsp3) is 0.158. The maximum atomic E-state index is 10.7. The monoisotopic (exact) mass is 322 g/mol. The second-order valence-corrected chi connectivity index (χ2v) is 5.41. The Morgan fingerprint density at radius 2 is 1.83 bits per heavy atom. The molecule has 0 amide bonds. The lowest BCUT2D eigenvalue weighted by Gasteiger charge is -2.10. The Morgan fingerprint density at radius 3 is 2.62 bits per heavy atom. The molecule has 0 saturated heterocycles. The minimum atomic E-state index is -0.835. The Kier molecular flexibility index (Phi) is 4.91. The minimum Gasteiger partial charge on any atom is -0.488 e. The van der Waals surface area contributed by atoms with Crippen LogP contribution in [0.1, 0.15) is 12.0 Å². The second-order valence-electron chi connectivity index (χ2n) is 5.41. The van der Waals surface area contributed by atoms with Gasteiger partial charge in [0.2, 0.25) is 0 Å². The Morgan fingerprint density at radius 1 is 1.08 bits per heavy atom. The van der Waals surface area contributed by atoms with Gasteiger partial charge in [0.25, 0.3) is 0 Å². The van der Waals surface area contributed by atoms with Crippen LogP contribution < -0.4 is 4.74 Å². The second kappa shape index (κ2) is 7.46. The van der Waals surface area contributed by atoms with Crippen molar-refractivity contribution in [3.8, 4) is 16.9 Å². The summed E-state index contributed by atoms with van der Waals surface area (Å²) in [6.45, 7) is 0.841. The highest BCUT2D eigenvalue weighted by Crippen LogP contribution is 2.30. The summed E-state index contributed by atoms with van der Waals surface area (Å²) in [5.74, 6) is -0.0576. The van der Waals surface area contributed by atoms with Crippen molar-refractivity contribution < 1.29 is 14.6 Å². The van der Waals surface area contributed by atoms with Crippen molar-refractivity contribution in [2.24, 2.45) is 0 Å². The summed E-state index contributed by atoms with van der Waals surface area (Å²) in [6.07, 6.45) is 3.62. The number of nitrogens with zero attached hydrogens (tertiary/aromatic N) is 2. The summed E-state index contributed by atoms with van der Waals surface area (Å²) in [5, 5.41) is 13.0. The molecule has 5 nitrogen and oxygen atoms in total. The standard InChI is InChI=1S/C19H18N2O3/c22-19(23)10-11-21-13-16(12-20-21)17-8-4-5-9-18(17)24-14-15-6-2-1-3-7-15/h1-9,12-13H,10-11,14H2,(H,22,23). The first-order chi connectivity index (χ1) is 11.7. The molecule has 3 rings (SSSR count). The van der Waals surface area contributed by atoms with E-state index in [1.54, 1.807) is 10.9 Å². The topological polar surface area (TPSA) is 64.3 Å². The highest BCUT2D eigenvalue weighted by Gasteiger charge is 2.09. The van der Waals surface area contributed by atoms with Gasteiger partial charge >= 0.3 is 5.97 Å². The number of hydrogen-bond donors (Lipinski definition) is 1. The lowest BCUT2D eigenvalue weighted by Crippen LogP contribution is -2.04. The van der Waals surface area contributed by atoms with Crippen molar-refractivity contribution in [2.45, 2.75) is 19.6 Å². The fourth-order valence-electron chi connectivity index (χ4n) is 2.40. The smallest absolute Gasteiger partial charge is 0.305 e. The number of carbonyl (C=O) groups is 1. The van der Waals surface area contributed by atoms with Gasteiger partial charge in [0.05, 0.1) is 19.2 Å². The molecule has 0 saturated carbocycles. The highest BCUT2D eigenvalue weighted by atomic mass is 16.5. The molecule has 0 aliphatic heterocycles. The van der Waals surface area contributed by atoms with Gasteiger partial charge in [-0.3, -0.25) is 9.48 Å². The van der Waals surface area contributed by atoms with Gasteiger partial charge in [0, 0.05) is 17.3 Å². The third-order valence-corrected chi connectivity index (χ3v) is 3.62. The van der Waals surface area contributed by atoms with E-state index in [0.717, 1.165) is 22.4 Å². The number of aryl methyl sites for hydroxylation is 1. The average molecular weight is 322 g/mol. The number of hydrogen-bond acceptors (Lipinski definition) is 3. The quantitative estimate of drug-likeness (QED) is 0.722. The molecule has 5 heteroatoms. The zero-order valence-electron chi connectivity index (χ0n) is 13.1. The van der Waals surface area contributed by atoms with E-state index in [9.17, 15) is 4.79 Å². The molecule has 0 fully saturated rings. The molecule has 2 aromatic carbocycles. The van der Waals surface area contributed by atoms with Crippen molar-refractivity contribution >= 4 is 5.97 Å². The third-order valence-electron chi connectivity index (χ3n) is 3.62.